The molecule has 0 spiro atoms. The summed E-state index contributed by atoms with van der Waals surface area (Å²) in [6.07, 6.45) is 4.78. The van der Waals surface area contributed by atoms with Crippen LogP contribution in [-0.2, 0) is 0 Å². The molecule has 0 aromatic rings. The third-order valence-corrected chi connectivity index (χ3v) is 3.23. The highest BCUT2D eigenvalue weighted by Crippen LogP contribution is 2.34. The lowest BCUT2D eigenvalue weighted by Gasteiger charge is -2.30. The second-order valence-electron chi connectivity index (χ2n) is 4.90. The molecule has 1 heteroatoms. The average molecular weight is 193 g/mol. The second-order valence-corrected chi connectivity index (χ2v) is 4.90. The molecule has 0 heterocycles. The zero-order chi connectivity index (χ0) is 10.7. The third kappa shape index (κ3) is 2.46. The molecule has 0 saturated heterocycles. The molecule has 1 aliphatic rings. The minimum absolute atomic E-state index is 0.666. The van der Waals surface area contributed by atoms with Crippen LogP contribution >= 0.6 is 0 Å². The Kier molecular flexibility index (Phi) is 3.91. The van der Waals surface area contributed by atoms with Crippen molar-refractivity contribution in [3.8, 4) is 0 Å². The van der Waals surface area contributed by atoms with Crippen LogP contribution in [0.4, 0.5) is 0 Å². The lowest BCUT2D eigenvalue weighted by Crippen LogP contribution is -2.21. The van der Waals surface area contributed by atoms with Crippen molar-refractivity contribution in [3.63, 3.8) is 0 Å². The lowest BCUT2D eigenvalue weighted by molar-refractivity contribution is 0.387. The summed E-state index contributed by atoms with van der Waals surface area (Å²) in [5.41, 5.74) is 2.89. The van der Waals surface area contributed by atoms with E-state index in [-0.39, 0.29) is 0 Å². The van der Waals surface area contributed by atoms with Crippen molar-refractivity contribution >= 4 is 5.71 Å². The maximum Gasteiger partial charge on any atom is 0.0344 e. The standard InChI is InChI=1S/C13H23N/c1-9(2)12-7-6-11(14-5)8-13(12)10(3)4/h8-10,12H,6-7H2,1-5H3/b14-11-. The van der Waals surface area contributed by atoms with Gasteiger partial charge in [-0.1, -0.05) is 33.3 Å². The highest BCUT2D eigenvalue weighted by molar-refractivity contribution is 5.96. The first kappa shape index (κ1) is 11.5. The molecule has 1 rings (SSSR count). The molecule has 0 fully saturated rings. The highest BCUT2D eigenvalue weighted by Gasteiger charge is 2.24. The fraction of sp³-hybridized carbons (Fsp3) is 0.769. The molecule has 0 radical (unpaired) electrons. The number of hydrogen-bond donors (Lipinski definition) is 0. The number of aliphatic imine (C=N–C) groups is 1. The van der Waals surface area contributed by atoms with Gasteiger partial charge in [0, 0.05) is 12.8 Å². The van der Waals surface area contributed by atoms with Gasteiger partial charge in [-0.25, -0.2) is 0 Å². The summed E-state index contributed by atoms with van der Waals surface area (Å²) in [5.74, 6) is 2.21. The van der Waals surface area contributed by atoms with E-state index in [9.17, 15) is 0 Å². The van der Waals surface area contributed by atoms with Crippen LogP contribution in [0.25, 0.3) is 0 Å². The van der Waals surface area contributed by atoms with Crippen LogP contribution in [0, 0.1) is 17.8 Å². The Balaban J connectivity index is 2.92. The van der Waals surface area contributed by atoms with Crippen LogP contribution in [0.3, 0.4) is 0 Å². The van der Waals surface area contributed by atoms with Gasteiger partial charge < -0.3 is 0 Å². The molecule has 0 aromatic heterocycles. The SMILES string of the molecule is C/N=C1\C=C(C(C)C)C(C(C)C)CC1. The first-order valence-corrected chi connectivity index (χ1v) is 5.73. The van der Waals surface area contributed by atoms with E-state index in [1.54, 1.807) is 5.57 Å². The van der Waals surface area contributed by atoms with Crippen molar-refractivity contribution < 1.29 is 0 Å². The van der Waals surface area contributed by atoms with E-state index in [1.165, 1.54) is 12.1 Å². The third-order valence-electron chi connectivity index (χ3n) is 3.23. The molecule has 0 aromatic carbocycles. The zero-order valence-electron chi connectivity index (χ0n) is 10.2. The lowest BCUT2D eigenvalue weighted by atomic mass is 9.75. The van der Waals surface area contributed by atoms with Gasteiger partial charge in [-0.3, -0.25) is 4.99 Å². The molecule has 14 heavy (non-hydrogen) atoms. The molecule has 1 aliphatic carbocycles. The van der Waals surface area contributed by atoms with Crippen molar-refractivity contribution in [2.75, 3.05) is 7.05 Å². The van der Waals surface area contributed by atoms with E-state index in [1.807, 2.05) is 7.05 Å². The molecule has 80 valence electrons. The number of allylic oxidation sites excluding steroid dienone is 2. The fourth-order valence-corrected chi connectivity index (χ4v) is 2.33. The van der Waals surface area contributed by atoms with E-state index >= 15 is 0 Å². The van der Waals surface area contributed by atoms with Gasteiger partial charge in [0.25, 0.3) is 0 Å². The first-order chi connectivity index (χ1) is 6.56. The summed E-state index contributed by atoms with van der Waals surface area (Å²) in [6.45, 7) is 9.24. The Labute approximate surface area is 88.3 Å². The van der Waals surface area contributed by atoms with Crippen molar-refractivity contribution in [2.24, 2.45) is 22.7 Å². The Morgan fingerprint density at radius 2 is 1.93 bits per heavy atom. The summed E-state index contributed by atoms with van der Waals surface area (Å²) in [4.78, 5) is 4.31. The van der Waals surface area contributed by atoms with Crippen molar-refractivity contribution in [1.82, 2.24) is 0 Å². The van der Waals surface area contributed by atoms with Crippen molar-refractivity contribution in [1.29, 1.82) is 0 Å². The van der Waals surface area contributed by atoms with Crippen molar-refractivity contribution in [3.05, 3.63) is 11.6 Å². The van der Waals surface area contributed by atoms with Gasteiger partial charge in [-0.05, 0) is 36.7 Å². The number of rotatable bonds is 2. The van der Waals surface area contributed by atoms with Gasteiger partial charge in [0.05, 0.1) is 0 Å². The molecule has 0 aliphatic heterocycles. The van der Waals surface area contributed by atoms with Gasteiger partial charge in [0.1, 0.15) is 0 Å². The minimum Gasteiger partial charge on any atom is -0.293 e. The van der Waals surface area contributed by atoms with E-state index in [2.05, 4.69) is 38.8 Å². The van der Waals surface area contributed by atoms with E-state index in [0.717, 1.165) is 18.3 Å². The minimum atomic E-state index is 0.666. The second kappa shape index (κ2) is 4.77. The molecule has 1 unspecified atom stereocenters. The Hall–Kier alpha value is -0.590. The molecular formula is C13H23N. The van der Waals surface area contributed by atoms with Crippen LogP contribution in [0.2, 0.25) is 0 Å². The zero-order valence-corrected chi connectivity index (χ0v) is 10.2. The highest BCUT2D eigenvalue weighted by atomic mass is 14.7. The molecule has 1 nitrogen and oxygen atoms in total. The van der Waals surface area contributed by atoms with Gasteiger partial charge in [-0.2, -0.15) is 0 Å². The number of nitrogens with zero attached hydrogens (tertiary/aromatic N) is 1. The van der Waals surface area contributed by atoms with Crippen LogP contribution < -0.4 is 0 Å². The number of hydrogen-bond acceptors (Lipinski definition) is 1. The molecule has 1 atom stereocenters. The molecule has 0 saturated carbocycles. The quantitative estimate of drug-likeness (QED) is 0.634. The largest absolute Gasteiger partial charge is 0.293 e. The molecular weight excluding hydrogens is 170 g/mol. The van der Waals surface area contributed by atoms with E-state index in [0.29, 0.717) is 5.92 Å². The summed E-state index contributed by atoms with van der Waals surface area (Å²) in [6, 6.07) is 0. The topological polar surface area (TPSA) is 12.4 Å². The van der Waals surface area contributed by atoms with Gasteiger partial charge in [0.2, 0.25) is 0 Å². The predicted molar refractivity (Wildman–Crippen MR) is 63.8 cm³/mol. The van der Waals surface area contributed by atoms with Gasteiger partial charge in [0.15, 0.2) is 0 Å². The summed E-state index contributed by atoms with van der Waals surface area (Å²) >= 11 is 0. The normalized spacial score (nSPS) is 26.1. The molecule has 0 bridgehead atoms. The van der Waals surface area contributed by atoms with Crippen LogP contribution in [-0.4, -0.2) is 12.8 Å². The maximum atomic E-state index is 4.31. The summed E-state index contributed by atoms with van der Waals surface area (Å²) in [5, 5.41) is 0. The van der Waals surface area contributed by atoms with Crippen LogP contribution in [0.5, 0.6) is 0 Å². The van der Waals surface area contributed by atoms with Gasteiger partial charge in [-0.15, -0.1) is 0 Å². The summed E-state index contributed by atoms with van der Waals surface area (Å²) < 4.78 is 0. The first-order valence-electron chi connectivity index (χ1n) is 5.73. The monoisotopic (exact) mass is 193 g/mol. The Bertz CT molecular complexity index is 246. The van der Waals surface area contributed by atoms with Gasteiger partial charge >= 0.3 is 0 Å². The predicted octanol–water partition coefficient (Wildman–Crippen LogP) is 3.71. The maximum absolute atomic E-state index is 4.31. The smallest absolute Gasteiger partial charge is 0.0344 e. The van der Waals surface area contributed by atoms with Crippen molar-refractivity contribution in [2.45, 2.75) is 40.5 Å². The molecule has 0 N–H and O–H groups in total. The molecule has 0 amide bonds. The Morgan fingerprint density at radius 1 is 1.29 bits per heavy atom. The van der Waals surface area contributed by atoms with Crippen LogP contribution in [0.15, 0.2) is 16.6 Å². The fourth-order valence-electron chi connectivity index (χ4n) is 2.33. The van der Waals surface area contributed by atoms with E-state index in [4.69, 9.17) is 0 Å². The summed E-state index contributed by atoms with van der Waals surface area (Å²) in [7, 11) is 1.90. The van der Waals surface area contributed by atoms with Crippen LogP contribution in [0.1, 0.15) is 40.5 Å². The Morgan fingerprint density at radius 3 is 2.36 bits per heavy atom. The average Bonchev–Trinajstić information content (AvgIpc) is 2.16. The van der Waals surface area contributed by atoms with E-state index < -0.39 is 0 Å².